The summed E-state index contributed by atoms with van der Waals surface area (Å²) in [6.45, 7) is 5.06. The van der Waals surface area contributed by atoms with E-state index in [2.05, 4.69) is 43.4 Å². The van der Waals surface area contributed by atoms with Crippen LogP contribution >= 0.6 is 15.9 Å². The Morgan fingerprint density at radius 2 is 1.96 bits per heavy atom. The first-order chi connectivity index (χ1) is 11.7. The molecule has 0 aliphatic heterocycles. The number of fused-ring (bicyclic) bond motifs is 1. The van der Waals surface area contributed by atoms with E-state index in [1.54, 1.807) is 12.1 Å². The first-order valence-electron chi connectivity index (χ1n) is 7.78. The molecule has 0 aliphatic rings. The van der Waals surface area contributed by atoms with Gasteiger partial charge in [0.15, 0.2) is 0 Å². The molecular formula is C19H18BrN3O. The molecule has 4 nitrogen and oxygen atoms in total. The van der Waals surface area contributed by atoms with Gasteiger partial charge in [0, 0.05) is 29.5 Å². The number of imidazole rings is 1. The van der Waals surface area contributed by atoms with Gasteiger partial charge in [-0.3, -0.25) is 4.79 Å². The number of amides is 1. The highest BCUT2D eigenvalue weighted by molar-refractivity contribution is 9.10. The minimum Gasteiger partial charge on any atom is -0.352 e. The van der Waals surface area contributed by atoms with Crippen LogP contribution < -0.4 is 5.32 Å². The summed E-state index contributed by atoms with van der Waals surface area (Å²) in [6, 6.07) is 15.3. The fourth-order valence-corrected chi connectivity index (χ4v) is 2.90. The van der Waals surface area contributed by atoms with Gasteiger partial charge < -0.3 is 9.88 Å². The summed E-state index contributed by atoms with van der Waals surface area (Å²) in [6.07, 6.45) is 2.53. The number of hydrogen-bond acceptors (Lipinski definition) is 2. The summed E-state index contributed by atoms with van der Waals surface area (Å²) in [5.74, 6) is 0.876. The van der Waals surface area contributed by atoms with Gasteiger partial charge in [-0.2, -0.15) is 0 Å². The number of hydrogen-bond donors (Lipinski definition) is 1. The van der Waals surface area contributed by atoms with Crippen molar-refractivity contribution in [3.63, 3.8) is 0 Å². The fourth-order valence-electron chi connectivity index (χ4n) is 2.64. The number of halogens is 1. The number of carbonyl (C=O) groups is 1. The molecular weight excluding hydrogens is 366 g/mol. The second kappa shape index (κ2) is 7.45. The highest BCUT2D eigenvalue weighted by Crippen LogP contribution is 2.16. The van der Waals surface area contributed by atoms with Crippen molar-refractivity contribution >= 4 is 32.9 Å². The first-order valence-corrected chi connectivity index (χ1v) is 8.57. The summed E-state index contributed by atoms with van der Waals surface area (Å²) in [5.41, 5.74) is 2.71. The third-order valence-corrected chi connectivity index (χ3v) is 4.31. The Hall–Kier alpha value is -2.40. The molecule has 1 heterocycles. The van der Waals surface area contributed by atoms with Crippen molar-refractivity contribution in [3.05, 3.63) is 77.0 Å². The maximum absolute atomic E-state index is 12.2. The molecule has 0 atom stereocenters. The third kappa shape index (κ3) is 3.57. The molecule has 0 radical (unpaired) electrons. The normalized spacial score (nSPS) is 10.7. The SMILES string of the molecule is C=CCn1c(CCNC(=O)c2ccc(Br)cc2)nc2ccccc21. The molecule has 122 valence electrons. The van der Waals surface area contributed by atoms with E-state index in [0.29, 0.717) is 25.1 Å². The van der Waals surface area contributed by atoms with Gasteiger partial charge in [0.1, 0.15) is 5.82 Å². The molecule has 0 saturated heterocycles. The summed E-state index contributed by atoms with van der Waals surface area (Å²) in [5, 5.41) is 2.95. The van der Waals surface area contributed by atoms with Gasteiger partial charge in [-0.1, -0.05) is 34.1 Å². The lowest BCUT2D eigenvalue weighted by Crippen LogP contribution is -2.26. The first kappa shape index (κ1) is 16.5. The van der Waals surface area contributed by atoms with Crippen LogP contribution in [0.5, 0.6) is 0 Å². The number of carbonyl (C=O) groups excluding carboxylic acids is 1. The zero-order valence-electron chi connectivity index (χ0n) is 13.2. The van der Waals surface area contributed by atoms with Crippen LogP contribution in [-0.4, -0.2) is 22.0 Å². The van der Waals surface area contributed by atoms with E-state index in [9.17, 15) is 4.79 Å². The molecule has 0 bridgehead atoms. The Labute approximate surface area is 149 Å². The third-order valence-electron chi connectivity index (χ3n) is 3.79. The Kier molecular flexibility index (Phi) is 5.11. The van der Waals surface area contributed by atoms with Gasteiger partial charge >= 0.3 is 0 Å². The molecule has 0 saturated carbocycles. The molecule has 3 rings (SSSR count). The molecule has 0 unspecified atom stereocenters. The Bertz CT molecular complexity index is 868. The maximum atomic E-state index is 12.2. The Balaban J connectivity index is 1.69. The van der Waals surface area contributed by atoms with Crippen molar-refractivity contribution in [1.82, 2.24) is 14.9 Å². The van der Waals surface area contributed by atoms with Crippen molar-refractivity contribution in [2.75, 3.05) is 6.54 Å². The molecule has 2 aromatic carbocycles. The van der Waals surface area contributed by atoms with E-state index in [1.807, 2.05) is 36.4 Å². The van der Waals surface area contributed by atoms with E-state index in [1.165, 1.54) is 0 Å². The zero-order chi connectivity index (χ0) is 16.9. The minimum atomic E-state index is -0.0751. The summed E-state index contributed by atoms with van der Waals surface area (Å²) in [7, 11) is 0. The lowest BCUT2D eigenvalue weighted by molar-refractivity contribution is 0.0954. The molecule has 5 heteroatoms. The lowest BCUT2D eigenvalue weighted by Gasteiger charge is -2.08. The van der Waals surface area contributed by atoms with Crippen LogP contribution in [-0.2, 0) is 13.0 Å². The average Bonchev–Trinajstić information content (AvgIpc) is 2.94. The second-order valence-corrected chi connectivity index (χ2v) is 6.34. The van der Waals surface area contributed by atoms with E-state index in [4.69, 9.17) is 0 Å². The van der Waals surface area contributed by atoms with E-state index in [-0.39, 0.29) is 5.91 Å². The molecule has 1 aromatic heterocycles. The fraction of sp³-hybridized carbons (Fsp3) is 0.158. The zero-order valence-corrected chi connectivity index (χ0v) is 14.8. The number of nitrogens with zero attached hydrogens (tertiary/aromatic N) is 2. The second-order valence-electron chi connectivity index (χ2n) is 5.43. The van der Waals surface area contributed by atoms with Crippen molar-refractivity contribution in [2.24, 2.45) is 0 Å². The van der Waals surface area contributed by atoms with Crippen LogP contribution in [0.25, 0.3) is 11.0 Å². The van der Waals surface area contributed by atoms with E-state index in [0.717, 1.165) is 21.3 Å². The quantitative estimate of drug-likeness (QED) is 0.654. The highest BCUT2D eigenvalue weighted by atomic mass is 79.9. The summed E-state index contributed by atoms with van der Waals surface area (Å²) < 4.78 is 3.09. The molecule has 0 aliphatic carbocycles. The van der Waals surface area contributed by atoms with Crippen molar-refractivity contribution in [2.45, 2.75) is 13.0 Å². The number of nitrogens with one attached hydrogen (secondary N) is 1. The number of rotatable bonds is 6. The largest absolute Gasteiger partial charge is 0.352 e. The molecule has 24 heavy (non-hydrogen) atoms. The van der Waals surface area contributed by atoms with Gasteiger partial charge in [0.25, 0.3) is 5.91 Å². The van der Waals surface area contributed by atoms with Crippen molar-refractivity contribution < 1.29 is 4.79 Å². The average molecular weight is 384 g/mol. The Morgan fingerprint density at radius 1 is 1.21 bits per heavy atom. The Morgan fingerprint density at radius 3 is 2.71 bits per heavy atom. The summed E-state index contributed by atoms with van der Waals surface area (Å²) >= 11 is 3.37. The minimum absolute atomic E-state index is 0.0751. The van der Waals surface area contributed by atoms with Gasteiger partial charge in [-0.15, -0.1) is 6.58 Å². The highest BCUT2D eigenvalue weighted by Gasteiger charge is 2.10. The van der Waals surface area contributed by atoms with Gasteiger partial charge in [-0.05, 0) is 36.4 Å². The van der Waals surface area contributed by atoms with Gasteiger partial charge in [0.05, 0.1) is 11.0 Å². The van der Waals surface area contributed by atoms with Crippen LogP contribution in [0.3, 0.4) is 0 Å². The van der Waals surface area contributed by atoms with Crippen LogP contribution in [0, 0.1) is 0 Å². The molecule has 3 aromatic rings. The predicted octanol–water partition coefficient (Wildman–Crippen LogP) is 3.96. The van der Waals surface area contributed by atoms with Crippen LogP contribution in [0.15, 0.2) is 65.7 Å². The number of benzene rings is 2. The summed E-state index contributed by atoms with van der Waals surface area (Å²) in [4.78, 5) is 16.8. The maximum Gasteiger partial charge on any atom is 0.251 e. The van der Waals surface area contributed by atoms with Crippen molar-refractivity contribution in [1.29, 1.82) is 0 Å². The van der Waals surface area contributed by atoms with Gasteiger partial charge in [0.2, 0.25) is 0 Å². The van der Waals surface area contributed by atoms with E-state index < -0.39 is 0 Å². The van der Waals surface area contributed by atoms with Crippen LogP contribution in [0.1, 0.15) is 16.2 Å². The van der Waals surface area contributed by atoms with E-state index >= 15 is 0 Å². The smallest absolute Gasteiger partial charge is 0.251 e. The van der Waals surface area contributed by atoms with Crippen LogP contribution in [0.2, 0.25) is 0 Å². The monoisotopic (exact) mass is 383 g/mol. The molecule has 0 spiro atoms. The number of aromatic nitrogens is 2. The standard InChI is InChI=1S/C19H18BrN3O/c1-2-13-23-17-6-4-3-5-16(17)22-18(23)11-12-21-19(24)14-7-9-15(20)10-8-14/h2-10H,1,11-13H2,(H,21,24). The number of para-hydroxylation sites is 2. The topological polar surface area (TPSA) is 46.9 Å². The lowest BCUT2D eigenvalue weighted by atomic mass is 10.2. The molecule has 1 amide bonds. The number of allylic oxidation sites excluding steroid dienone is 1. The van der Waals surface area contributed by atoms with Crippen LogP contribution in [0.4, 0.5) is 0 Å². The van der Waals surface area contributed by atoms with Crippen molar-refractivity contribution in [3.8, 4) is 0 Å². The predicted molar refractivity (Wildman–Crippen MR) is 100 cm³/mol. The molecule has 1 N–H and O–H groups in total. The molecule has 0 fully saturated rings. The van der Waals surface area contributed by atoms with Gasteiger partial charge in [-0.25, -0.2) is 4.98 Å².